The number of halogens is 5. The van der Waals surface area contributed by atoms with E-state index in [0.29, 0.717) is 54.6 Å². The van der Waals surface area contributed by atoms with Crippen molar-refractivity contribution in [3.63, 3.8) is 0 Å². The van der Waals surface area contributed by atoms with E-state index in [9.17, 15) is 9.18 Å². The number of hydrogen-bond acceptors (Lipinski definition) is 11. The fourth-order valence-corrected chi connectivity index (χ4v) is 11.2. The number of hydrogen-bond donors (Lipinski definition) is 0. The molecule has 6 heterocycles. The molecular formula is C51H61F5N6O6. The summed E-state index contributed by atoms with van der Waals surface area (Å²) in [5.74, 6) is 0.690. The van der Waals surface area contributed by atoms with Crippen molar-refractivity contribution in [1.29, 1.82) is 0 Å². The number of rotatable bonds is 12. The Morgan fingerprint density at radius 1 is 0.912 bits per heavy atom. The fourth-order valence-electron chi connectivity index (χ4n) is 11.2. The van der Waals surface area contributed by atoms with Gasteiger partial charge in [-0.25, -0.2) is 13.6 Å². The van der Waals surface area contributed by atoms with E-state index in [1.165, 1.54) is 13.0 Å². The topological polar surface area (TPSA) is 102 Å². The molecule has 6 atom stereocenters. The van der Waals surface area contributed by atoms with Crippen LogP contribution in [0.25, 0.3) is 0 Å². The molecule has 0 N–H and O–H groups in total. The number of piperazine rings is 1. The number of benzene rings is 3. The third kappa shape index (κ3) is 9.48. The van der Waals surface area contributed by atoms with Crippen molar-refractivity contribution in [3.05, 3.63) is 99.5 Å². The Morgan fingerprint density at radius 3 is 2.10 bits per heavy atom. The minimum absolute atomic E-state index is 0.00339. The molecule has 9 rings (SSSR count). The second-order valence-corrected chi connectivity index (χ2v) is 20.1. The number of amides is 1. The first-order valence-electron chi connectivity index (χ1n) is 23.6. The molecule has 5 aliphatic heterocycles. The standard InChI is InChI=1S/C51H61F5N6O6/c1-30-21-40(59(24-32-9-15-37(64-6)16-10-32)25-33-11-17-38(65-7)18-12-33)45(53)43(44(30)51(54,55)56)41-22-39-42(31(2)67-41)46(58-47(57-39)66-29-50-19-8-20-61(50)26-34(52)23-50)60-27-35-13-14-36(28-60)62(35)48(63)68-49(3,4)5/h9-12,15-18,21,31,34-36,41H,8,13-14,19-20,22-29H2,1-7H3/t31?,34-,35?,36?,41?,50+/m1/s1. The van der Waals surface area contributed by atoms with Crippen LogP contribution in [0.1, 0.15) is 111 Å². The van der Waals surface area contributed by atoms with E-state index < -0.39 is 52.6 Å². The first-order valence-corrected chi connectivity index (χ1v) is 23.6. The second-order valence-electron chi connectivity index (χ2n) is 20.1. The van der Waals surface area contributed by atoms with E-state index >= 15 is 17.6 Å². The third-order valence-corrected chi connectivity index (χ3v) is 14.2. The molecule has 12 nitrogen and oxygen atoms in total. The average Bonchev–Trinajstić information content (AvgIpc) is 3.91. The van der Waals surface area contributed by atoms with E-state index in [2.05, 4.69) is 9.80 Å². The van der Waals surface area contributed by atoms with Crippen LogP contribution in [0.15, 0.2) is 54.6 Å². The third-order valence-electron chi connectivity index (χ3n) is 14.2. The molecule has 0 saturated carbocycles. The largest absolute Gasteiger partial charge is 0.497 e. The number of ether oxygens (including phenoxy) is 5. The number of alkyl halides is 4. The van der Waals surface area contributed by atoms with Crippen molar-refractivity contribution < 1.29 is 50.4 Å². The highest BCUT2D eigenvalue weighted by molar-refractivity contribution is 5.70. The lowest BCUT2D eigenvalue weighted by Crippen LogP contribution is -2.57. The van der Waals surface area contributed by atoms with Gasteiger partial charge in [0.25, 0.3) is 0 Å². The summed E-state index contributed by atoms with van der Waals surface area (Å²) in [5.41, 5.74) is -0.591. The Bertz CT molecular complexity index is 2420. The fraction of sp³-hybridized carbons (Fsp3) is 0.549. The highest BCUT2D eigenvalue weighted by Crippen LogP contribution is 2.49. The maximum atomic E-state index is 17.8. The highest BCUT2D eigenvalue weighted by Gasteiger charge is 2.51. The van der Waals surface area contributed by atoms with Crippen LogP contribution in [0.5, 0.6) is 17.5 Å². The highest BCUT2D eigenvalue weighted by atomic mass is 19.4. The normalized spacial score (nSPS) is 24.7. The lowest BCUT2D eigenvalue weighted by molar-refractivity contribution is -0.141. The van der Waals surface area contributed by atoms with Gasteiger partial charge < -0.3 is 33.5 Å². The van der Waals surface area contributed by atoms with Crippen LogP contribution in [0.4, 0.5) is 38.3 Å². The second kappa shape index (κ2) is 18.5. The summed E-state index contributed by atoms with van der Waals surface area (Å²) in [5, 5.41) is 0. The van der Waals surface area contributed by atoms with E-state index in [1.807, 2.05) is 49.9 Å². The summed E-state index contributed by atoms with van der Waals surface area (Å²) in [6.45, 7) is 10.9. The summed E-state index contributed by atoms with van der Waals surface area (Å²) < 4.78 is 109. The molecule has 0 aliphatic carbocycles. The number of methoxy groups -OCH3 is 2. The Balaban J connectivity index is 1.11. The van der Waals surface area contributed by atoms with Crippen LogP contribution < -0.4 is 24.0 Å². The van der Waals surface area contributed by atoms with Crippen LogP contribution in [0.3, 0.4) is 0 Å². The van der Waals surface area contributed by atoms with Gasteiger partial charge in [0, 0.05) is 56.7 Å². The van der Waals surface area contributed by atoms with Gasteiger partial charge in [-0.3, -0.25) is 9.80 Å². The minimum atomic E-state index is -4.94. The van der Waals surface area contributed by atoms with Crippen molar-refractivity contribution in [2.24, 2.45) is 0 Å². The minimum Gasteiger partial charge on any atom is -0.497 e. The van der Waals surface area contributed by atoms with E-state index in [4.69, 9.17) is 33.7 Å². The molecule has 0 radical (unpaired) electrons. The van der Waals surface area contributed by atoms with Crippen LogP contribution in [-0.4, -0.2) is 102 Å². The first-order chi connectivity index (χ1) is 32.3. The summed E-state index contributed by atoms with van der Waals surface area (Å²) in [7, 11) is 3.11. The van der Waals surface area contributed by atoms with Crippen molar-refractivity contribution in [1.82, 2.24) is 19.8 Å². The molecule has 1 amide bonds. The predicted molar refractivity (Wildman–Crippen MR) is 246 cm³/mol. The lowest BCUT2D eigenvalue weighted by atomic mass is 9.89. The summed E-state index contributed by atoms with van der Waals surface area (Å²) in [4.78, 5) is 31.1. The quantitative estimate of drug-likeness (QED) is 0.127. The van der Waals surface area contributed by atoms with Crippen molar-refractivity contribution in [2.45, 2.75) is 134 Å². The van der Waals surface area contributed by atoms with E-state index in [1.54, 1.807) is 50.3 Å². The van der Waals surface area contributed by atoms with Gasteiger partial charge in [0.15, 0.2) is 5.82 Å². The average molecular weight is 949 g/mol. The Kier molecular flexibility index (Phi) is 12.9. The Morgan fingerprint density at radius 2 is 1.53 bits per heavy atom. The molecule has 366 valence electrons. The number of nitrogens with zero attached hydrogens (tertiary/aromatic N) is 6. The smallest absolute Gasteiger partial charge is 0.417 e. The summed E-state index contributed by atoms with van der Waals surface area (Å²) in [6, 6.07) is 15.4. The summed E-state index contributed by atoms with van der Waals surface area (Å²) >= 11 is 0. The molecule has 2 bridgehead atoms. The molecule has 68 heavy (non-hydrogen) atoms. The number of fused-ring (bicyclic) bond motifs is 4. The Labute approximate surface area is 394 Å². The van der Waals surface area contributed by atoms with Gasteiger partial charge in [0.05, 0.1) is 61.0 Å². The number of carbonyl (C=O) groups excluding carboxylic acids is 1. The zero-order valence-electron chi connectivity index (χ0n) is 39.8. The predicted octanol–water partition coefficient (Wildman–Crippen LogP) is 10.1. The van der Waals surface area contributed by atoms with Crippen molar-refractivity contribution in [3.8, 4) is 17.5 Å². The monoisotopic (exact) mass is 948 g/mol. The maximum Gasteiger partial charge on any atom is 0.417 e. The lowest BCUT2D eigenvalue weighted by Gasteiger charge is -2.43. The molecular weight excluding hydrogens is 888 g/mol. The van der Waals surface area contributed by atoms with Gasteiger partial charge >= 0.3 is 18.3 Å². The molecule has 4 unspecified atom stereocenters. The van der Waals surface area contributed by atoms with Crippen LogP contribution >= 0.6 is 0 Å². The van der Waals surface area contributed by atoms with Crippen LogP contribution in [0, 0.1) is 12.7 Å². The van der Waals surface area contributed by atoms with Crippen molar-refractivity contribution in [2.75, 3.05) is 56.8 Å². The maximum absolute atomic E-state index is 17.8. The first kappa shape index (κ1) is 47.6. The van der Waals surface area contributed by atoms with Gasteiger partial charge in [-0.2, -0.15) is 23.1 Å². The van der Waals surface area contributed by atoms with E-state index in [0.717, 1.165) is 43.4 Å². The van der Waals surface area contributed by atoms with Crippen LogP contribution in [-0.2, 0) is 35.2 Å². The van der Waals surface area contributed by atoms with Crippen molar-refractivity contribution >= 4 is 17.6 Å². The zero-order valence-corrected chi connectivity index (χ0v) is 39.8. The van der Waals surface area contributed by atoms with Gasteiger partial charge in [-0.05, 0) is 114 Å². The van der Waals surface area contributed by atoms with Gasteiger partial charge in [-0.15, -0.1) is 0 Å². The molecule has 1 aromatic heterocycles. The number of carbonyl (C=O) groups is 1. The van der Waals surface area contributed by atoms with Gasteiger partial charge in [-0.1, -0.05) is 24.3 Å². The molecule has 17 heteroatoms. The zero-order chi connectivity index (χ0) is 48.3. The number of aromatic nitrogens is 2. The summed E-state index contributed by atoms with van der Waals surface area (Å²) in [6.07, 6.45) is -5.39. The van der Waals surface area contributed by atoms with E-state index in [-0.39, 0.29) is 61.6 Å². The SMILES string of the molecule is COc1ccc(CN(Cc2ccc(OC)cc2)c2cc(C)c(C(F)(F)F)c(C3Cc4nc(OC[C@@]56CCCN5C[C@H](F)C6)nc(N5CC6CCC(C5)N6C(=O)OC(C)(C)C)c4C(C)O3)c2F)cc1. The molecule has 5 aliphatic rings. The molecule has 4 fully saturated rings. The molecule has 0 spiro atoms. The molecule has 4 aromatic rings. The van der Waals surface area contributed by atoms with Gasteiger partial charge in [0.2, 0.25) is 0 Å². The van der Waals surface area contributed by atoms with Gasteiger partial charge in [0.1, 0.15) is 35.7 Å². The number of anilines is 2. The molecule has 3 aromatic carbocycles. The Hall–Kier alpha value is -5.42. The van der Waals surface area contributed by atoms with Crippen LogP contribution in [0.2, 0.25) is 0 Å². The number of aryl methyl sites for hydroxylation is 1. The molecule has 4 saturated heterocycles.